The SMILES string of the molecule is Cc1cc(N)ccc1SCC(O)CN. The maximum Gasteiger partial charge on any atom is 0.0756 e. The van der Waals surface area contributed by atoms with Crippen LogP contribution in [0, 0.1) is 6.92 Å². The molecule has 0 spiro atoms. The average Bonchev–Trinajstić information content (AvgIpc) is 2.16. The fourth-order valence-electron chi connectivity index (χ4n) is 1.09. The number of aliphatic hydroxyl groups is 1. The molecule has 5 N–H and O–H groups in total. The molecule has 0 radical (unpaired) electrons. The molecule has 0 amide bonds. The molecular weight excluding hydrogens is 196 g/mol. The molecule has 0 fully saturated rings. The second kappa shape index (κ2) is 5.24. The normalized spacial score (nSPS) is 12.8. The number of anilines is 1. The highest BCUT2D eigenvalue weighted by molar-refractivity contribution is 7.99. The van der Waals surface area contributed by atoms with Crippen molar-refractivity contribution in [1.29, 1.82) is 0 Å². The first kappa shape index (κ1) is 11.4. The van der Waals surface area contributed by atoms with E-state index in [1.54, 1.807) is 11.8 Å². The number of aliphatic hydroxyl groups excluding tert-OH is 1. The maximum atomic E-state index is 9.29. The lowest BCUT2D eigenvalue weighted by Crippen LogP contribution is -2.21. The number of hydrogen-bond acceptors (Lipinski definition) is 4. The van der Waals surface area contributed by atoms with Gasteiger partial charge in [-0.05, 0) is 30.7 Å². The highest BCUT2D eigenvalue weighted by atomic mass is 32.2. The highest BCUT2D eigenvalue weighted by Gasteiger charge is 2.04. The van der Waals surface area contributed by atoms with Crippen LogP contribution in [0.2, 0.25) is 0 Å². The van der Waals surface area contributed by atoms with Crippen molar-refractivity contribution in [1.82, 2.24) is 0 Å². The summed E-state index contributed by atoms with van der Waals surface area (Å²) in [7, 11) is 0. The lowest BCUT2D eigenvalue weighted by molar-refractivity contribution is 0.208. The molecule has 3 nitrogen and oxygen atoms in total. The largest absolute Gasteiger partial charge is 0.399 e. The van der Waals surface area contributed by atoms with Crippen LogP contribution in [0.5, 0.6) is 0 Å². The topological polar surface area (TPSA) is 72.3 Å². The van der Waals surface area contributed by atoms with Crippen molar-refractivity contribution in [3.05, 3.63) is 23.8 Å². The first-order valence-corrected chi connectivity index (χ1v) is 5.49. The molecule has 1 aromatic rings. The Kier molecular flexibility index (Phi) is 4.25. The van der Waals surface area contributed by atoms with Crippen LogP contribution >= 0.6 is 11.8 Å². The lowest BCUT2D eigenvalue weighted by Gasteiger charge is -2.09. The third kappa shape index (κ3) is 3.21. The molecule has 0 bridgehead atoms. The second-order valence-electron chi connectivity index (χ2n) is 3.23. The molecule has 0 aromatic heterocycles. The summed E-state index contributed by atoms with van der Waals surface area (Å²) in [4.78, 5) is 1.15. The quantitative estimate of drug-likeness (QED) is 0.514. The zero-order valence-electron chi connectivity index (χ0n) is 8.23. The number of nitrogen functional groups attached to an aromatic ring is 1. The van der Waals surface area contributed by atoms with Crippen molar-refractivity contribution in [3.8, 4) is 0 Å². The minimum Gasteiger partial charge on any atom is -0.399 e. The average molecular weight is 212 g/mol. The van der Waals surface area contributed by atoms with Gasteiger partial charge in [0, 0.05) is 22.9 Å². The van der Waals surface area contributed by atoms with Gasteiger partial charge in [-0.2, -0.15) is 0 Å². The van der Waals surface area contributed by atoms with Crippen molar-refractivity contribution in [2.75, 3.05) is 18.0 Å². The van der Waals surface area contributed by atoms with Gasteiger partial charge in [0.2, 0.25) is 0 Å². The standard InChI is InChI=1S/C10H16N2OS/c1-7-4-8(12)2-3-10(7)14-6-9(13)5-11/h2-4,9,13H,5-6,11-12H2,1H3. The molecule has 0 saturated carbocycles. The van der Waals surface area contributed by atoms with E-state index in [1.807, 2.05) is 25.1 Å². The van der Waals surface area contributed by atoms with Gasteiger partial charge < -0.3 is 16.6 Å². The number of hydrogen-bond donors (Lipinski definition) is 3. The molecule has 0 aliphatic rings. The Labute approximate surface area is 88.5 Å². The summed E-state index contributed by atoms with van der Waals surface area (Å²) in [6.45, 7) is 2.31. The van der Waals surface area contributed by atoms with E-state index in [-0.39, 0.29) is 0 Å². The smallest absolute Gasteiger partial charge is 0.0756 e. The maximum absolute atomic E-state index is 9.29. The van der Waals surface area contributed by atoms with Crippen molar-refractivity contribution >= 4 is 17.4 Å². The Bertz CT molecular complexity index is 304. The molecule has 0 aliphatic carbocycles. The van der Waals surface area contributed by atoms with Crippen LogP contribution in [0.25, 0.3) is 0 Å². The third-order valence-electron chi connectivity index (χ3n) is 1.90. The van der Waals surface area contributed by atoms with Crippen molar-refractivity contribution in [2.45, 2.75) is 17.9 Å². The molecule has 1 aromatic carbocycles. The number of rotatable bonds is 4. The predicted octanol–water partition coefficient (Wildman–Crippen LogP) is 0.989. The van der Waals surface area contributed by atoms with Crippen molar-refractivity contribution in [2.24, 2.45) is 5.73 Å². The number of nitrogens with two attached hydrogens (primary N) is 2. The molecule has 4 heteroatoms. The van der Waals surface area contributed by atoms with E-state index < -0.39 is 6.10 Å². The van der Waals surface area contributed by atoms with E-state index in [4.69, 9.17) is 11.5 Å². The van der Waals surface area contributed by atoms with Gasteiger partial charge in [0.1, 0.15) is 0 Å². The van der Waals surface area contributed by atoms with E-state index in [0.717, 1.165) is 16.1 Å². The van der Waals surface area contributed by atoms with Crippen LogP contribution in [-0.4, -0.2) is 23.5 Å². The number of benzene rings is 1. The van der Waals surface area contributed by atoms with E-state index >= 15 is 0 Å². The summed E-state index contributed by atoms with van der Waals surface area (Å²) >= 11 is 1.60. The number of aryl methyl sites for hydroxylation is 1. The van der Waals surface area contributed by atoms with Gasteiger partial charge in [-0.1, -0.05) is 0 Å². The van der Waals surface area contributed by atoms with Gasteiger partial charge >= 0.3 is 0 Å². The van der Waals surface area contributed by atoms with Gasteiger partial charge in [-0.25, -0.2) is 0 Å². The Hall–Kier alpha value is -0.710. The van der Waals surface area contributed by atoms with E-state index in [9.17, 15) is 5.11 Å². The van der Waals surface area contributed by atoms with Gasteiger partial charge in [-0.15, -0.1) is 11.8 Å². The van der Waals surface area contributed by atoms with E-state index in [2.05, 4.69) is 0 Å². The third-order valence-corrected chi connectivity index (χ3v) is 3.22. The zero-order chi connectivity index (χ0) is 10.6. The summed E-state index contributed by atoms with van der Waals surface area (Å²) in [5, 5.41) is 9.29. The minimum atomic E-state index is -0.433. The van der Waals surface area contributed by atoms with Crippen molar-refractivity contribution in [3.63, 3.8) is 0 Å². The van der Waals surface area contributed by atoms with Gasteiger partial charge in [-0.3, -0.25) is 0 Å². The van der Waals surface area contributed by atoms with E-state index in [1.165, 1.54) is 0 Å². The molecule has 1 rings (SSSR count). The van der Waals surface area contributed by atoms with Crippen LogP contribution in [0.1, 0.15) is 5.56 Å². The molecule has 1 unspecified atom stereocenters. The molecular formula is C10H16N2OS. The minimum absolute atomic E-state index is 0.307. The van der Waals surface area contributed by atoms with Crippen LogP contribution in [0.15, 0.2) is 23.1 Å². The molecule has 14 heavy (non-hydrogen) atoms. The summed E-state index contributed by atoms with van der Waals surface area (Å²) in [5.41, 5.74) is 12.9. The molecule has 1 atom stereocenters. The summed E-state index contributed by atoms with van der Waals surface area (Å²) < 4.78 is 0. The van der Waals surface area contributed by atoms with E-state index in [0.29, 0.717) is 12.3 Å². The first-order chi connectivity index (χ1) is 6.63. The van der Waals surface area contributed by atoms with Crippen LogP contribution in [0.3, 0.4) is 0 Å². The lowest BCUT2D eigenvalue weighted by atomic mass is 10.2. The van der Waals surface area contributed by atoms with Gasteiger partial charge in [0.05, 0.1) is 6.10 Å². The second-order valence-corrected chi connectivity index (χ2v) is 4.29. The predicted molar refractivity (Wildman–Crippen MR) is 61.4 cm³/mol. The summed E-state index contributed by atoms with van der Waals surface area (Å²) in [6.07, 6.45) is -0.433. The Morgan fingerprint density at radius 2 is 2.21 bits per heavy atom. The Balaban J connectivity index is 2.59. The monoisotopic (exact) mass is 212 g/mol. The Morgan fingerprint density at radius 1 is 1.50 bits per heavy atom. The fraction of sp³-hybridized carbons (Fsp3) is 0.400. The molecule has 0 aliphatic heterocycles. The molecule has 0 saturated heterocycles. The molecule has 78 valence electrons. The molecule has 0 heterocycles. The summed E-state index contributed by atoms with van der Waals surface area (Å²) in [5.74, 6) is 0.626. The van der Waals surface area contributed by atoms with Gasteiger partial charge in [0.25, 0.3) is 0 Å². The van der Waals surface area contributed by atoms with Crippen LogP contribution in [-0.2, 0) is 0 Å². The van der Waals surface area contributed by atoms with Crippen LogP contribution < -0.4 is 11.5 Å². The number of thioether (sulfide) groups is 1. The summed E-state index contributed by atoms with van der Waals surface area (Å²) in [6, 6.07) is 5.76. The van der Waals surface area contributed by atoms with Crippen molar-refractivity contribution < 1.29 is 5.11 Å². The Morgan fingerprint density at radius 3 is 2.79 bits per heavy atom. The zero-order valence-corrected chi connectivity index (χ0v) is 9.05. The fourth-order valence-corrected chi connectivity index (χ4v) is 2.05. The van der Waals surface area contributed by atoms with Gasteiger partial charge in [0.15, 0.2) is 0 Å². The highest BCUT2D eigenvalue weighted by Crippen LogP contribution is 2.24. The van der Waals surface area contributed by atoms with Crippen LogP contribution in [0.4, 0.5) is 5.69 Å². The first-order valence-electron chi connectivity index (χ1n) is 4.50.